The Bertz CT molecular complexity index is 426. The molecule has 1 unspecified atom stereocenters. The molecule has 1 N–H and O–H groups in total. The Hall–Kier alpha value is -1.42. The van der Waals surface area contributed by atoms with Gasteiger partial charge >= 0.3 is 5.97 Å². The van der Waals surface area contributed by atoms with E-state index >= 15 is 0 Å². The quantitative estimate of drug-likeness (QED) is 0.874. The first kappa shape index (κ1) is 12.0. The molecule has 0 aliphatic carbocycles. The Morgan fingerprint density at radius 2 is 2.18 bits per heavy atom. The Morgan fingerprint density at radius 1 is 1.53 bits per heavy atom. The van der Waals surface area contributed by atoms with Gasteiger partial charge in [-0.25, -0.2) is 4.39 Å². The van der Waals surface area contributed by atoms with E-state index in [1.54, 1.807) is 18.2 Å². The largest absolute Gasteiger partial charge is 0.481 e. The normalized spacial score (nSPS) is 19.4. The van der Waals surface area contributed by atoms with Gasteiger partial charge in [0, 0.05) is 11.8 Å². The molecule has 1 fully saturated rings. The van der Waals surface area contributed by atoms with E-state index in [1.165, 1.54) is 6.07 Å². The third-order valence-electron chi connectivity index (χ3n) is 3.55. The summed E-state index contributed by atoms with van der Waals surface area (Å²) in [4.78, 5) is 10.8. The van der Waals surface area contributed by atoms with Crippen LogP contribution in [0.15, 0.2) is 24.3 Å². The molecule has 1 aromatic carbocycles. The zero-order valence-corrected chi connectivity index (χ0v) is 9.65. The highest BCUT2D eigenvalue weighted by molar-refractivity contribution is 5.67. The smallest absolute Gasteiger partial charge is 0.303 e. The Kier molecular flexibility index (Phi) is 3.15. The number of rotatable bonds is 4. The highest BCUT2D eigenvalue weighted by Gasteiger charge is 2.47. The van der Waals surface area contributed by atoms with Gasteiger partial charge < -0.3 is 9.84 Å². The fourth-order valence-electron chi connectivity index (χ4n) is 2.35. The fraction of sp³-hybridized carbons (Fsp3) is 0.462. The number of carboxylic acid groups (broad SMARTS) is 1. The molecule has 0 saturated carbocycles. The summed E-state index contributed by atoms with van der Waals surface area (Å²) in [6.45, 7) is 2.62. The molecule has 1 aliphatic rings. The molecule has 1 atom stereocenters. The number of hydrogen-bond donors (Lipinski definition) is 1. The van der Waals surface area contributed by atoms with Crippen molar-refractivity contribution in [1.29, 1.82) is 0 Å². The van der Waals surface area contributed by atoms with Crippen molar-refractivity contribution >= 4 is 5.97 Å². The summed E-state index contributed by atoms with van der Waals surface area (Å²) in [7, 11) is 0. The van der Waals surface area contributed by atoms with Crippen LogP contribution >= 0.6 is 0 Å². The Balaban J connectivity index is 2.31. The van der Waals surface area contributed by atoms with Crippen LogP contribution in [0.4, 0.5) is 4.39 Å². The summed E-state index contributed by atoms with van der Waals surface area (Å²) >= 11 is 0. The topological polar surface area (TPSA) is 46.5 Å². The van der Waals surface area contributed by atoms with Gasteiger partial charge in [0.2, 0.25) is 0 Å². The molecule has 2 rings (SSSR count). The maximum Gasteiger partial charge on any atom is 0.303 e. The first-order chi connectivity index (χ1) is 8.06. The average Bonchev–Trinajstić information content (AvgIpc) is 2.18. The third-order valence-corrected chi connectivity index (χ3v) is 3.55. The van der Waals surface area contributed by atoms with Crippen molar-refractivity contribution in [2.24, 2.45) is 5.92 Å². The number of carbonyl (C=O) groups is 1. The molecule has 1 aliphatic heterocycles. The molecular weight excluding hydrogens is 223 g/mol. The summed E-state index contributed by atoms with van der Waals surface area (Å²) in [6.07, 6.45) is 0.0255. The molecule has 4 heteroatoms. The van der Waals surface area contributed by atoms with Crippen LogP contribution in [-0.2, 0) is 14.9 Å². The monoisotopic (exact) mass is 238 g/mol. The molecule has 92 valence electrons. The Labute approximate surface area is 99.2 Å². The van der Waals surface area contributed by atoms with Crippen LogP contribution in [0.2, 0.25) is 0 Å². The molecule has 0 radical (unpaired) electrons. The third kappa shape index (κ3) is 2.05. The number of hydrogen-bond acceptors (Lipinski definition) is 2. The van der Waals surface area contributed by atoms with Crippen LogP contribution in [0, 0.1) is 11.7 Å². The number of benzene rings is 1. The molecule has 17 heavy (non-hydrogen) atoms. The van der Waals surface area contributed by atoms with Gasteiger partial charge in [0.1, 0.15) is 5.82 Å². The van der Waals surface area contributed by atoms with Gasteiger partial charge in [0.15, 0.2) is 0 Å². The molecular formula is C13H15FO3. The lowest BCUT2D eigenvalue weighted by Crippen LogP contribution is -2.52. The summed E-state index contributed by atoms with van der Waals surface area (Å²) in [5, 5.41) is 8.85. The van der Waals surface area contributed by atoms with Crippen LogP contribution in [0.1, 0.15) is 18.9 Å². The van der Waals surface area contributed by atoms with Crippen LogP contribution in [0.5, 0.6) is 0 Å². The Morgan fingerprint density at radius 3 is 2.65 bits per heavy atom. The van der Waals surface area contributed by atoms with E-state index in [4.69, 9.17) is 9.84 Å². The molecule has 1 saturated heterocycles. The average molecular weight is 238 g/mol. The van der Waals surface area contributed by atoms with E-state index in [1.807, 2.05) is 6.92 Å². The van der Waals surface area contributed by atoms with Gasteiger partial charge in [0.25, 0.3) is 0 Å². The van der Waals surface area contributed by atoms with Crippen molar-refractivity contribution in [3.8, 4) is 0 Å². The summed E-state index contributed by atoms with van der Waals surface area (Å²) in [5.41, 5.74) is 0.0870. The van der Waals surface area contributed by atoms with Crippen molar-refractivity contribution in [2.45, 2.75) is 18.8 Å². The van der Waals surface area contributed by atoms with Gasteiger partial charge in [-0.1, -0.05) is 25.1 Å². The molecule has 1 aromatic rings. The highest BCUT2D eigenvalue weighted by atomic mass is 19.1. The van der Waals surface area contributed by atoms with Crippen molar-refractivity contribution < 1.29 is 19.0 Å². The summed E-state index contributed by atoms with van der Waals surface area (Å²) in [6, 6.07) is 6.53. The standard InChI is InChI=1S/C13H15FO3/c1-9(6-12(15)16)13(7-17-8-13)10-4-2-3-5-11(10)14/h2-5,9H,6-8H2,1H3,(H,15,16). The van der Waals surface area contributed by atoms with Crippen LogP contribution in [-0.4, -0.2) is 24.3 Å². The van der Waals surface area contributed by atoms with E-state index in [0.717, 1.165) is 0 Å². The van der Waals surface area contributed by atoms with Gasteiger partial charge in [0.05, 0.1) is 13.2 Å². The zero-order chi connectivity index (χ0) is 12.5. The lowest BCUT2D eigenvalue weighted by atomic mass is 9.68. The molecule has 3 nitrogen and oxygen atoms in total. The highest BCUT2D eigenvalue weighted by Crippen LogP contribution is 2.41. The van der Waals surface area contributed by atoms with Crippen molar-refractivity contribution in [2.75, 3.05) is 13.2 Å². The molecule has 0 spiro atoms. The lowest BCUT2D eigenvalue weighted by Gasteiger charge is -2.46. The predicted octanol–water partition coefficient (Wildman–Crippen LogP) is 2.20. The minimum atomic E-state index is -0.861. The van der Waals surface area contributed by atoms with Crippen LogP contribution < -0.4 is 0 Å². The lowest BCUT2D eigenvalue weighted by molar-refractivity contribution is -0.142. The number of carboxylic acids is 1. The predicted molar refractivity (Wildman–Crippen MR) is 60.3 cm³/mol. The second kappa shape index (κ2) is 4.45. The fourth-order valence-corrected chi connectivity index (χ4v) is 2.35. The second-order valence-corrected chi connectivity index (χ2v) is 4.63. The van der Waals surface area contributed by atoms with E-state index in [2.05, 4.69) is 0 Å². The molecule has 0 aromatic heterocycles. The van der Waals surface area contributed by atoms with E-state index in [9.17, 15) is 9.18 Å². The molecule has 0 bridgehead atoms. The minimum absolute atomic E-state index is 0.0255. The summed E-state index contributed by atoms with van der Waals surface area (Å²) in [5.74, 6) is -1.29. The van der Waals surface area contributed by atoms with Gasteiger partial charge in [-0.15, -0.1) is 0 Å². The van der Waals surface area contributed by atoms with Gasteiger partial charge in [-0.2, -0.15) is 0 Å². The van der Waals surface area contributed by atoms with Crippen molar-refractivity contribution in [1.82, 2.24) is 0 Å². The van der Waals surface area contributed by atoms with Gasteiger partial charge in [-0.3, -0.25) is 4.79 Å². The van der Waals surface area contributed by atoms with Gasteiger partial charge in [-0.05, 0) is 17.5 Å². The number of halogens is 1. The van der Waals surface area contributed by atoms with E-state index < -0.39 is 11.4 Å². The molecule has 1 heterocycles. The van der Waals surface area contributed by atoms with Crippen molar-refractivity contribution in [3.63, 3.8) is 0 Å². The van der Waals surface area contributed by atoms with E-state index in [0.29, 0.717) is 18.8 Å². The van der Waals surface area contributed by atoms with E-state index in [-0.39, 0.29) is 18.2 Å². The van der Waals surface area contributed by atoms with Crippen LogP contribution in [0.3, 0.4) is 0 Å². The first-order valence-corrected chi connectivity index (χ1v) is 5.61. The summed E-state index contributed by atoms with van der Waals surface area (Å²) < 4.78 is 19.0. The SMILES string of the molecule is CC(CC(=O)O)C1(c2ccccc2F)COC1. The second-order valence-electron chi connectivity index (χ2n) is 4.63. The zero-order valence-electron chi connectivity index (χ0n) is 9.65. The number of ether oxygens (including phenoxy) is 1. The molecule has 0 amide bonds. The first-order valence-electron chi connectivity index (χ1n) is 5.61. The van der Waals surface area contributed by atoms with Crippen LogP contribution in [0.25, 0.3) is 0 Å². The minimum Gasteiger partial charge on any atom is -0.481 e. The maximum absolute atomic E-state index is 13.8. The van der Waals surface area contributed by atoms with Crippen molar-refractivity contribution in [3.05, 3.63) is 35.6 Å². The number of aliphatic carboxylic acids is 1. The maximum atomic E-state index is 13.8.